The molecule has 0 radical (unpaired) electrons. The van der Waals surface area contributed by atoms with Gasteiger partial charge in [0.25, 0.3) is 5.91 Å². The Hall–Kier alpha value is -3.67. The van der Waals surface area contributed by atoms with Gasteiger partial charge in [-0.25, -0.2) is 13.6 Å². The average Bonchev–Trinajstić information content (AvgIpc) is 2.72. The number of anilines is 1. The van der Waals surface area contributed by atoms with E-state index in [0.29, 0.717) is 36.5 Å². The van der Waals surface area contributed by atoms with E-state index in [2.05, 4.69) is 0 Å². The highest BCUT2D eigenvalue weighted by Crippen LogP contribution is 2.34. The summed E-state index contributed by atoms with van der Waals surface area (Å²) in [6.07, 6.45) is 0.0424. The average molecular weight is 402 g/mol. The minimum Gasteiger partial charge on any atom is -0.486 e. The molecular formula is C20H16F2N2O5. The summed E-state index contributed by atoms with van der Waals surface area (Å²) in [7, 11) is 0. The van der Waals surface area contributed by atoms with Gasteiger partial charge in [-0.15, -0.1) is 0 Å². The first kappa shape index (κ1) is 20.1. The Morgan fingerprint density at radius 1 is 1.10 bits per heavy atom. The second-order valence-electron chi connectivity index (χ2n) is 5.98. The van der Waals surface area contributed by atoms with Gasteiger partial charge in [0.1, 0.15) is 24.8 Å². The number of hydrogen-bond donors (Lipinski definition) is 0. The van der Waals surface area contributed by atoms with Crippen LogP contribution >= 0.6 is 0 Å². The van der Waals surface area contributed by atoms with Gasteiger partial charge in [-0.3, -0.25) is 4.79 Å². The number of halogens is 2. The molecule has 0 aliphatic carbocycles. The fourth-order valence-electron chi connectivity index (χ4n) is 2.70. The standard InChI is InChI=1S/C20H16F2N2O5/c21-13-2-4-15(16(22)10-13)20(26)29-12-19(25)24(7-1-6-23)14-3-5-17-18(11-14)28-9-8-27-17/h2-5,10-11H,1,7-9,12H2. The minimum atomic E-state index is -1.10. The predicted octanol–water partition coefficient (Wildman–Crippen LogP) is 2.84. The van der Waals surface area contributed by atoms with Crippen molar-refractivity contribution in [2.45, 2.75) is 6.42 Å². The third-order valence-corrected chi connectivity index (χ3v) is 4.06. The molecule has 29 heavy (non-hydrogen) atoms. The molecule has 150 valence electrons. The topological polar surface area (TPSA) is 88.9 Å². The highest BCUT2D eigenvalue weighted by molar-refractivity contribution is 5.97. The third-order valence-electron chi connectivity index (χ3n) is 4.06. The molecule has 1 aliphatic heterocycles. The highest BCUT2D eigenvalue weighted by Gasteiger charge is 2.22. The number of esters is 1. The molecule has 0 saturated heterocycles. The Morgan fingerprint density at radius 3 is 2.59 bits per heavy atom. The lowest BCUT2D eigenvalue weighted by Gasteiger charge is -2.24. The number of rotatable bonds is 6. The molecule has 9 heteroatoms. The monoisotopic (exact) mass is 402 g/mol. The number of ether oxygens (including phenoxy) is 3. The van der Waals surface area contributed by atoms with Crippen molar-refractivity contribution in [2.75, 3.05) is 31.3 Å². The largest absolute Gasteiger partial charge is 0.486 e. The van der Waals surface area contributed by atoms with Crippen molar-refractivity contribution in [1.82, 2.24) is 0 Å². The molecule has 0 unspecified atom stereocenters. The van der Waals surface area contributed by atoms with E-state index in [1.807, 2.05) is 6.07 Å². The Kier molecular flexibility index (Phi) is 6.24. The van der Waals surface area contributed by atoms with Gasteiger partial charge >= 0.3 is 5.97 Å². The number of benzene rings is 2. The molecule has 0 aromatic heterocycles. The summed E-state index contributed by atoms with van der Waals surface area (Å²) in [5.41, 5.74) is -0.0550. The summed E-state index contributed by atoms with van der Waals surface area (Å²) in [5, 5.41) is 8.87. The summed E-state index contributed by atoms with van der Waals surface area (Å²) >= 11 is 0. The Labute approximate surface area is 165 Å². The molecule has 0 saturated carbocycles. The normalized spacial score (nSPS) is 12.0. The molecule has 1 heterocycles. The van der Waals surface area contributed by atoms with Crippen molar-refractivity contribution in [3.8, 4) is 17.6 Å². The van der Waals surface area contributed by atoms with E-state index < -0.39 is 35.7 Å². The third kappa shape index (κ3) is 4.79. The lowest BCUT2D eigenvalue weighted by Crippen LogP contribution is -2.35. The number of nitriles is 1. The van der Waals surface area contributed by atoms with Crippen LogP contribution in [0.5, 0.6) is 11.5 Å². The van der Waals surface area contributed by atoms with Crippen molar-refractivity contribution in [2.24, 2.45) is 0 Å². The fourth-order valence-corrected chi connectivity index (χ4v) is 2.70. The van der Waals surface area contributed by atoms with Crippen LogP contribution in [0.4, 0.5) is 14.5 Å². The lowest BCUT2D eigenvalue weighted by molar-refractivity contribution is -0.121. The van der Waals surface area contributed by atoms with Gasteiger partial charge in [-0.1, -0.05) is 0 Å². The predicted molar refractivity (Wildman–Crippen MR) is 96.7 cm³/mol. The summed E-state index contributed by atoms with van der Waals surface area (Å²) in [5.74, 6) is -2.65. The molecule has 1 amide bonds. The van der Waals surface area contributed by atoms with E-state index >= 15 is 0 Å². The van der Waals surface area contributed by atoms with E-state index in [1.165, 1.54) is 4.90 Å². The van der Waals surface area contributed by atoms with Gasteiger partial charge in [0, 0.05) is 24.4 Å². The first-order chi connectivity index (χ1) is 14.0. The summed E-state index contributed by atoms with van der Waals surface area (Å²) in [4.78, 5) is 25.9. The number of hydrogen-bond acceptors (Lipinski definition) is 6. The van der Waals surface area contributed by atoms with Crippen LogP contribution < -0.4 is 14.4 Å². The van der Waals surface area contributed by atoms with Crippen LogP contribution in [0.1, 0.15) is 16.8 Å². The van der Waals surface area contributed by atoms with E-state index in [1.54, 1.807) is 18.2 Å². The first-order valence-corrected chi connectivity index (χ1v) is 8.68. The molecule has 2 aromatic carbocycles. The van der Waals surface area contributed by atoms with Crippen LogP contribution in [0.2, 0.25) is 0 Å². The number of amides is 1. The van der Waals surface area contributed by atoms with E-state index in [-0.39, 0.29) is 13.0 Å². The molecular weight excluding hydrogens is 386 g/mol. The molecule has 0 atom stereocenters. The van der Waals surface area contributed by atoms with Crippen LogP contribution in [0.25, 0.3) is 0 Å². The molecule has 0 N–H and O–H groups in total. The fraction of sp³-hybridized carbons (Fsp3) is 0.250. The SMILES string of the molecule is N#CCCN(C(=O)COC(=O)c1ccc(F)cc1F)c1ccc2c(c1)OCCO2. The van der Waals surface area contributed by atoms with Crippen LogP contribution in [-0.2, 0) is 9.53 Å². The maximum Gasteiger partial charge on any atom is 0.341 e. The molecule has 7 nitrogen and oxygen atoms in total. The molecule has 2 aromatic rings. The van der Waals surface area contributed by atoms with Crippen molar-refractivity contribution in [3.05, 3.63) is 53.6 Å². The van der Waals surface area contributed by atoms with Gasteiger partial charge in [0.15, 0.2) is 18.1 Å². The maximum atomic E-state index is 13.7. The zero-order valence-corrected chi connectivity index (χ0v) is 15.2. The quantitative estimate of drug-likeness (QED) is 0.691. The van der Waals surface area contributed by atoms with E-state index in [9.17, 15) is 18.4 Å². The van der Waals surface area contributed by atoms with Gasteiger partial charge in [0.05, 0.1) is 18.1 Å². The van der Waals surface area contributed by atoms with Gasteiger partial charge in [-0.2, -0.15) is 5.26 Å². The van der Waals surface area contributed by atoms with Gasteiger partial charge in [-0.05, 0) is 24.3 Å². The molecule has 1 aliphatic rings. The van der Waals surface area contributed by atoms with Crippen LogP contribution in [0.15, 0.2) is 36.4 Å². The number of nitrogens with zero attached hydrogens (tertiary/aromatic N) is 2. The second kappa shape index (κ2) is 9.01. The van der Waals surface area contributed by atoms with E-state index in [4.69, 9.17) is 19.5 Å². The highest BCUT2D eigenvalue weighted by atomic mass is 19.1. The first-order valence-electron chi connectivity index (χ1n) is 8.68. The summed E-state index contributed by atoms with van der Waals surface area (Å²) in [6.45, 7) is 0.149. The van der Waals surface area contributed by atoms with Gasteiger partial charge < -0.3 is 19.1 Å². The Morgan fingerprint density at radius 2 is 1.86 bits per heavy atom. The minimum absolute atomic E-state index is 0.0424. The van der Waals surface area contributed by atoms with Crippen molar-refractivity contribution < 1.29 is 32.6 Å². The van der Waals surface area contributed by atoms with Crippen LogP contribution in [-0.4, -0.2) is 38.2 Å². The number of carbonyl (C=O) groups is 2. The Bertz CT molecular complexity index is 974. The molecule has 3 rings (SSSR count). The summed E-state index contributed by atoms with van der Waals surface area (Å²) in [6, 6.07) is 9.18. The number of carbonyl (C=O) groups excluding carboxylic acids is 2. The van der Waals surface area contributed by atoms with Crippen LogP contribution in [0.3, 0.4) is 0 Å². The molecule has 0 fully saturated rings. The van der Waals surface area contributed by atoms with Crippen LogP contribution in [0, 0.1) is 23.0 Å². The number of fused-ring (bicyclic) bond motifs is 1. The van der Waals surface area contributed by atoms with E-state index in [0.717, 1.165) is 12.1 Å². The molecule has 0 spiro atoms. The van der Waals surface area contributed by atoms with Crippen molar-refractivity contribution in [3.63, 3.8) is 0 Å². The lowest BCUT2D eigenvalue weighted by atomic mass is 10.2. The molecule has 0 bridgehead atoms. The summed E-state index contributed by atoms with van der Waals surface area (Å²) < 4.78 is 42.4. The smallest absolute Gasteiger partial charge is 0.341 e. The van der Waals surface area contributed by atoms with Crippen molar-refractivity contribution >= 4 is 17.6 Å². The Balaban J connectivity index is 1.72. The second-order valence-corrected chi connectivity index (χ2v) is 5.98. The zero-order valence-electron chi connectivity index (χ0n) is 15.2. The maximum absolute atomic E-state index is 13.7. The van der Waals surface area contributed by atoms with Gasteiger partial charge in [0.2, 0.25) is 0 Å². The van der Waals surface area contributed by atoms with Crippen molar-refractivity contribution in [1.29, 1.82) is 5.26 Å². The zero-order chi connectivity index (χ0) is 20.8.